The maximum atomic E-state index is 13.6. The molecule has 0 radical (unpaired) electrons. The number of allylic oxidation sites excluding steroid dienone is 1. The molecule has 0 saturated heterocycles. The normalized spacial score (nSPS) is 14.8. The molecule has 6 nitrogen and oxygen atoms in total. The Hall–Kier alpha value is -4.26. The zero-order valence-corrected chi connectivity index (χ0v) is 18.2. The van der Waals surface area contributed by atoms with E-state index < -0.39 is 0 Å². The minimum Gasteiger partial charge on any atom is -0.324 e. The molecule has 0 bridgehead atoms. The monoisotopic (exact) mass is 439 g/mol. The Kier molecular flexibility index (Phi) is 5.22. The molecule has 4 aromatic rings. The van der Waals surface area contributed by atoms with Crippen LogP contribution in [0.3, 0.4) is 0 Å². The van der Waals surface area contributed by atoms with Gasteiger partial charge in [0.2, 0.25) is 5.95 Å². The van der Waals surface area contributed by atoms with Gasteiger partial charge in [0.1, 0.15) is 11.9 Å². The largest absolute Gasteiger partial charge is 0.324 e. The Balaban J connectivity index is 1.51. The third-order valence-corrected chi connectivity index (χ3v) is 5.55. The number of rotatable bonds is 4. The van der Waals surface area contributed by atoms with Gasteiger partial charge in [-0.25, -0.2) is 9.07 Å². The SMILES string of the molecule is Cc1ccc(C2=CC(c3ccc(F)cc3)n3nc(NC(=O)c4cccc(C)c4)nc3N2)cc1. The summed E-state index contributed by atoms with van der Waals surface area (Å²) in [6.45, 7) is 3.97. The lowest BCUT2D eigenvalue weighted by atomic mass is 10.0. The summed E-state index contributed by atoms with van der Waals surface area (Å²) in [4.78, 5) is 17.2. The molecule has 33 heavy (non-hydrogen) atoms. The smallest absolute Gasteiger partial charge is 0.258 e. The van der Waals surface area contributed by atoms with Gasteiger partial charge in [-0.2, -0.15) is 4.98 Å². The van der Waals surface area contributed by atoms with Crippen LogP contribution in [0.4, 0.5) is 16.3 Å². The number of benzene rings is 3. The third-order valence-electron chi connectivity index (χ3n) is 5.55. The average Bonchev–Trinajstić information content (AvgIpc) is 3.22. The van der Waals surface area contributed by atoms with Gasteiger partial charge in [-0.05, 0) is 55.3 Å². The summed E-state index contributed by atoms with van der Waals surface area (Å²) >= 11 is 0. The minimum absolute atomic E-state index is 0.190. The topological polar surface area (TPSA) is 71.8 Å². The summed E-state index contributed by atoms with van der Waals surface area (Å²) in [5.41, 5.74) is 5.39. The second kappa shape index (κ2) is 8.35. The number of nitrogens with zero attached hydrogens (tertiary/aromatic N) is 3. The van der Waals surface area contributed by atoms with Crippen molar-refractivity contribution in [3.8, 4) is 0 Å². The van der Waals surface area contributed by atoms with Crippen LogP contribution in [0.15, 0.2) is 78.9 Å². The van der Waals surface area contributed by atoms with Crippen LogP contribution in [0.2, 0.25) is 0 Å². The van der Waals surface area contributed by atoms with Gasteiger partial charge in [0.15, 0.2) is 0 Å². The second-order valence-electron chi connectivity index (χ2n) is 8.09. The Labute approximate surface area is 190 Å². The summed E-state index contributed by atoms with van der Waals surface area (Å²) in [5.74, 6) is 0.0867. The molecule has 0 aliphatic carbocycles. The van der Waals surface area contributed by atoms with Crippen molar-refractivity contribution in [2.75, 3.05) is 10.6 Å². The number of aromatic nitrogens is 3. The van der Waals surface area contributed by atoms with Crippen LogP contribution in [0.1, 0.15) is 38.7 Å². The Morgan fingerprint density at radius 3 is 2.48 bits per heavy atom. The fourth-order valence-electron chi connectivity index (χ4n) is 3.80. The van der Waals surface area contributed by atoms with Gasteiger partial charge in [-0.15, -0.1) is 5.10 Å². The molecule has 1 aliphatic heterocycles. The molecule has 0 saturated carbocycles. The van der Waals surface area contributed by atoms with E-state index in [1.165, 1.54) is 12.1 Å². The van der Waals surface area contributed by atoms with Crippen molar-refractivity contribution in [3.63, 3.8) is 0 Å². The van der Waals surface area contributed by atoms with Crippen molar-refractivity contribution >= 4 is 23.5 Å². The van der Waals surface area contributed by atoms with E-state index in [1.807, 2.05) is 62.4 Å². The average molecular weight is 439 g/mol. The molecule has 0 spiro atoms. The Morgan fingerprint density at radius 1 is 1.00 bits per heavy atom. The number of nitrogens with one attached hydrogen (secondary N) is 2. The second-order valence-corrected chi connectivity index (χ2v) is 8.09. The summed E-state index contributed by atoms with van der Waals surface area (Å²) in [6, 6.07) is 21.4. The Morgan fingerprint density at radius 2 is 1.76 bits per heavy atom. The standard InChI is InChI=1S/C26H22FN5O/c1-16-6-8-18(9-7-16)22-15-23(19-10-12-21(27)13-11-19)32-26(28-22)30-25(31-32)29-24(33)20-5-3-4-17(2)14-20/h3-15,23H,1-2H3,(H2,28,29,30,31,33). The molecule has 1 aromatic heterocycles. The quantitative estimate of drug-likeness (QED) is 0.450. The first kappa shape index (κ1) is 20.6. The molecule has 3 aromatic carbocycles. The maximum Gasteiger partial charge on any atom is 0.258 e. The van der Waals surface area contributed by atoms with E-state index in [0.717, 1.165) is 28.0 Å². The molecule has 1 amide bonds. The van der Waals surface area contributed by atoms with Crippen LogP contribution in [-0.2, 0) is 0 Å². The molecule has 2 heterocycles. The number of amides is 1. The number of hydrogen-bond acceptors (Lipinski definition) is 4. The number of aryl methyl sites for hydroxylation is 2. The molecular weight excluding hydrogens is 417 g/mol. The van der Waals surface area contributed by atoms with Crippen molar-refractivity contribution in [2.45, 2.75) is 19.9 Å². The number of carbonyl (C=O) groups excluding carboxylic acids is 1. The summed E-state index contributed by atoms with van der Waals surface area (Å²) in [5, 5.41) is 10.6. The number of carbonyl (C=O) groups is 1. The van der Waals surface area contributed by atoms with Gasteiger partial charge < -0.3 is 5.32 Å². The highest BCUT2D eigenvalue weighted by Gasteiger charge is 2.26. The summed E-state index contributed by atoms with van der Waals surface area (Å²) < 4.78 is 15.2. The van der Waals surface area contributed by atoms with Crippen molar-refractivity contribution in [2.24, 2.45) is 0 Å². The molecule has 2 N–H and O–H groups in total. The highest BCUT2D eigenvalue weighted by atomic mass is 19.1. The fraction of sp³-hybridized carbons (Fsp3) is 0.115. The lowest BCUT2D eigenvalue weighted by molar-refractivity contribution is 0.102. The van der Waals surface area contributed by atoms with Crippen LogP contribution in [0, 0.1) is 19.7 Å². The molecule has 1 atom stereocenters. The van der Waals surface area contributed by atoms with Gasteiger partial charge in [0.25, 0.3) is 11.9 Å². The first-order chi connectivity index (χ1) is 16.0. The van der Waals surface area contributed by atoms with Crippen LogP contribution >= 0.6 is 0 Å². The molecule has 1 unspecified atom stereocenters. The number of hydrogen-bond donors (Lipinski definition) is 2. The van der Waals surface area contributed by atoms with Crippen LogP contribution in [-0.4, -0.2) is 20.7 Å². The lowest BCUT2D eigenvalue weighted by Crippen LogP contribution is -2.20. The van der Waals surface area contributed by atoms with Crippen LogP contribution in [0.25, 0.3) is 5.70 Å². The molecule has 0 fully saturated rings. The third kappa shape index (κ3) is 4.25. The lowest BCUT2D eigenvalue weighted by Gasteiger charge is -2.24. The van der Waals surface area contributed by atoms with Gasteiger partial charge in [0, 0.05) is 11.3 Å². The van der Waals surface area contributed by atoms with Crippen LogP contribution < -0.4 is 10.6 Å². The predicted octanol–water partition coefficient (Wildman–Crippen LogP) is 5.34. The van der Waals surface area contributed by atoms with Crippen molar-refractivity contribution in [3.05, 3.63) is 113 Å². The molecule has 164 valence electrons. The van der Waals surface area contributed by atoms with E-state index in [9.17, 15) is 9.18 Å². The van der Waals surface area contributed by atoms with Crippen molar-refractivity contribution < 1.29 is 9.18 Å². The van der Waals surface area contributed by atoms with Gasteiger partial charge in [0.05, 0.1) is 0 Å². The summed E-state index contributed by atoms with van der Waals surface area (Å²) in [7, 11) is 0. The van der Waals surface area contributed by atoms with Gasteiger partial charge in [-0.3, -0.25) is 10.1 Å². The molecular formula is C26H22FN5O. The zero-order chi connectivity index (χ0) is 22.9. The first-order valence-corrected chi connectivity index (χ1v) is 10.6. The predicted molar refractivity (Wildman–Crippen MR) is 126 cm³/mol. The molecule has 1 aliphatic rings. The number of halogens is 1. The van der Waals surface area contributed by atoms with E-state index in [4.69, 9.17) is 0 Å². The highest BCUT2D eigenvalue weighted by molar-refractivity contribution is 6.03. The van der Waals surface area contributed by atoms with Gasteiger partial charge >= 0.3 is 0 Å². The van der Waals surface area contributed by atoms with Gasteiger partial charge in [-0.1, -0.05) is 59.7 Å². The number of anilines is 2. The highest BCUT2D eigenvalue weighted by Crippen LogP contribution is 2.33. The zero-order valence-electron chi connectivity index (χ0n) is 18.2. The van der Waals surface area contributed by atoms with Crippen molar-refractivity contribution in [1.82, 2.24) is 14.8 Å². The molecule has 5 rings (SSSR count). The molecule has 7 heteroatoms. The van der Waals surface area contributed by atoms with E-state index in [0.29, 0.717) is 11.5 Å². The van der Waals surface area contributed by atoms with E-state index in [1.54, 1.807) is 22.9 Å². The minimum atomic E-state index is -0.324. The maximum absolute atomic E-state index is 13.6. The first-order valence-electron chi connectivity index (χ1n) is 10.6. The van der Waals surface area contributed by atoms with E-state index in [2.05, 4.69) is 20.7 Å². The fourth-order valence-corrected chi connectivity index (χ4v) is 3.80. The van der Waals surface area contributed by atoms with E-state index >= 15 is 0 Å². The van der Waals surface area contributed by atoms with E-state index in [-0.39, 0.29) is 23.7 Å². The number of fused-ring (bicyclic) bond motifs is 1. The van der Waals surface area contributed by atoms with Crippen molar-refractivity contribution in [1.29, 1.82) is 0 Å². The summed E-state index contributed by atoms with van der Waals surface area (Å²) in [6.07, 6.45) is 2.02. The van der Waals surface area contributed by atoms with Crippen LogP contribution in [0.5, 0.6) is 0 Å². The Bertz CT molecular complexity index is 1360.